The van der Waals surface area contributed by atoms with E-state index in [1.807, 2.05) is 0 Å². The second kappa shape index (κ2) is 21.7. The summed E-state index contributed by atoms with van der Waals surface area (Å²) in [5, 5.41) is 8.51. The number of hydrogen-bond donors (Lipinski definition) is 2. The van der Waals surface area contributed by atoms with Gasteiger partial charge in [0.25, 0.3) is 11.8 Å². The summed E-state index contributed by atoms with van der Waals surface area (Å²) >= 11 is 4.39. The number of nitrogens with zero attached hydrogens (tertiary/aromatic N) is 2. The second-order valence-electron chi connectivity index (χ2n) is 15.4. The molecule has 0 saturated heterocycles. The number of benzene rings is 4. The first-order valence-corrected chi connectivity index (χ1v) is 21.8. The van der Waals surface area contributed by atoms with Gasteiger partial charge in [-0.05, 0) is 71.5 Å². The van der Waals surface area contributed by atoms with Gasteiger partial charge in [0.2, 0.25) is 0 Å². The van der Waals surface area contributed by atoms with Crippen molar-refractivity contribution >= 4 is 57.4 Å². The fraction of sp³-hybridized carbons (Fsp3) is 0.302. The number of fused-ring (bicyclic) bond motifs is 4. The maximum absolute atomic E-state index is 14.0. The zero-order valence-electron chi connectivity index (χ0n) is 36.8. The minimum atomic E-state index is -5.14. The molecule has 8 rings (SSSR count). The van der Waals surface area contributed by atoms with Crippen molar-refractivity contribution in [3.8, 4) is 23.0 Å². The van der Waals surface area contributed by atoms with Crippen LogP contribution in [0.2, 0.25) is 0 Å². The van der Waals surface area contributed by atoms with Crippen LogP contribution in [0.4, 0.5) is 37.7 Å². The maximum atomic E-state index is 14.0. The van der Waals surface area contributed by atoms with Crippen molar-refractivity contribution in [1.82, 2.24) is 9.80 Å². The molecule has 0 aliphatic carbocycles. The Bertz CT molecular complexity index is 2750. The molecular weight excluding hydrogens is 989 g/mol. The first kappa shape index (κ1) is 54.2. The molecule has 4 aromatic carbocycles. The Morgan fingerprint density at radius 3 is 1.54 bits per heavy atom. The molecule has 0 saturated carbocycles. The number of halogens is 6. The Hall–Kier alpha value is -4.18. The zero-order chi connectivity index (χ0) is 48.0. The van der Waals surface area contributed by atoms with Crippen molar-refractivity contribution < 1.29 is 141 Å². The van der Waals surface area contributed by atoms with Crippen molar-refractivity contribution in [2.24, 2.45) is 0 Å². The van der Waals surface area contributed by atoms with Gasteiger partial charge in [-0.3, -0.25) is 9.59 Å². The molecular formula is C43H36F6N4Na2O12S2. The van der Waals surface area contributed by atoms with Crippen LogP contribution >= 0.6 is 0 Å². The second-order valence-corrected chi connectivity index (χ2v) is 17.1. The van der Waals surface area contributed by atoms with Crippen LogP contribution in [0.25, 0.3) is 11.1 Å². The van der Waals surface area contributed by atoms with Gasteiger partial charge in [0.05, 0.1) is 73.1 Å². The van der Waals surface area contributed by atoms with Crippen LogP contribution < -0.4 is 88.7 Å². The van der Waals surface area contributed by atoms with E-state index in [9.17, 15) is 48.9 Å². The fourth-order valence-electron chi connectivity index (χ4n) is 8.20. The molecule has 2 N–H and O–H groups in total. The van der Waals surface area contributed by atoms with Crippen molar-refractivity contribution in [3.63, 3.8) is 0 Å². The molecule has 356 valence electrons. The fourth-order valence-corrected chi connectivity index (χ4v) is 9.12. The van der Waals surface area contributed by atoms with Crippen LogP contribution in [0.1, 0.15) is 62.2 Å². The summed E-state index contributed by atoms with van der Waals surface area (Å²) < 4.78 is 145. The molecule has 0 bridgehead atoms. The molecule has 2 unspecified atom stereocenters. The Labute approximate surface area is 440 Å². The van der Waals surface area contributed by atoms with Crippen molar-refractivity contribution in [1.29, 1.82) is 0 Å². The van der Waals surface area contributed by atoms with Crippen molar-refractivity contribution in [2.75, 3.05) is 38.1 Å². The average Bonchev–Trinajstić information content (AvgIpc) is 3.89. The molecule has 4 aromatic rings. The number of hydrogen-bond acceptors (Lipinski definition) is 15. The summed E-state index contributed by atoms with van der Waals surface area (Å²) in [6.45, 7) is -0.0163. The monoisotopic (exact) mass is 1020 g/mol. The van der Waals surface area contributed by atoms with Gasteiger partial charge < -0.3 is 61.2 Å². The Kier molecular flexibility index (Phi) is 17.0. The van der Waals surface area contributed by atoms with Gasteiger partial charge in [0, 0.05) is 31.0 Å². The van der Waals surface area contributed by atoms with E-state index in [1.54, 1.807) is 0 Å². The minimum absolute atomic E-state index is 0. The predicted molar refractivity (Wildman–Crippen MR) is 225 cm³/mol. The SMILES string of the molecule is COc1cc2c(cc1OCCCOc1cc3c(cc1OC)C(=O)N1C=C(c4ccc(C(F)(F)F)cc4)C[C@H]1C(S(=O)(=O)[O-])N3)NC(OOO[S-])[C@@H]1CC(c3ccc(C(F)(F)F)cc3)=CN1C2=O.[Na+].[Na+]. The van der Waals surface area contributed by atoms with E-state index in [4.69, 9.17) is 23.8 Å². The number of anilines is 2. The van der Waals surface area contributed by atoms with E-state index in [-0.39, 0.29) is 137 Å². The topological polar surface area (TPSA) is 186 Å². The number of rotatable bonds is 14. The Morgan fingerprint density at radius 1 is 0.681 bits per heavy atom. The maximum Gasteiger partial charge on any atom is 1.00 e. The Balaban J connectivity index is 0.00000391. The number of methoxy groups -OCH3 is 2. The summed E-state index contributed by atoms with van der Waals surface area (Å²) in [5.74, 6) is -0.714. The number of carbonyl (C=O) groups excluding carboxylic acids is 2. The van der Waals surface area contributed by atoms with Crippen LogP contribution in [0.15, 0.2) is 85.2 Å². The number of amides is 2. The number of carbonyl (C=O) groups is 2. The van der Waals surface area contributed by atoms with E-state index in [2.05, 4.69) is 32.9 Å². The van der Waals surface area contributed by atoms with Crippen LogP contribution in [-0.2, 0) is 49.6 Å². The largest absolute Gasteiger partial charge is 1.00 e. The van der Waals surface area contributed by atoms with Crippen LogP contribution in [0.3, 0.4) is 0 Å². The van der Waals surface area contributed by atoms with Gasteiger partial charge in [-0.15, -0.1) is 0 Å². The van der Waals surface area contributed by atoms with Gasteiger partial charge in [-0.1, -0.05) is 29.3 Å². The first-order valence-electron chi connectivity index (χ1n) is 20.0. The van der Waals surface area contributed by atoms with Crippen molar-refractivity contribution in [2.45, 2.75) is 55.3 Å². The van der Waals surface area contributed by atoms with E-state index < -0.39 is 69.1 Å². The zero-order valence-corrected chi connectivity index (χ0v) is 42.4. The molecule has 4 aliphatic rings. The standard InChI is InChI=1S/C43H38F6N4O12S2.2Na/c1-59-34-16-28-30(50-38(63-64-65-66)32-14-24(20-52(32)40(28)54)22-4-8-26(9-5-22)42(44,45)46)18-36(34)61-12-3-13-62-37-19-31-29(17-35(37)60-2)41(55)53-21-25(15-33(53)39(51-31)67(56,57)58)23-6-10-27(11-7-23)43(47,48)49;;/h4-11,16-21,32-33,38-39,50-51,66H,3,12-15H2,1-2H3,(H,56,57,58);;/q;2*+1/p-2/t32-,33-,38?,39?;;/m0../s1. The van der Waals surface area contributed by atoms with Gasteiger partial charge in [-0.25, -0.2) is 8.42 Å². The number of nitrogens with one attached hydrogen (secondary N) is 2. The van der Waals surface area contributed by atoms with Gasteiger partial charge >= 0.3 is 71.5 Å². The molecule has 26 heteroatoms. The molecule has 0 spiro atoms. The summed E-state index contributed by atoms with van der Waals surface area (Å²) in [6.07, 6.45) is -7.22. The number of alkyl halides is 6. The third-order valence-corrected chi connectivity index (χ3v) is 12.6. The van der Waals surface area contributed by atoms with E-state index in [1.165, 1.54) is 80.1 Å². The van der Waals surface area contributed by atoms with E-state index in [0.717, 1.165) is 29.2 Å². The van der Waals surface area contributed by atoms with Crippen LogP contribution in [0.5, 0.6) is 23.0 Å². The summed E-state index contributed by atoms with van der Waals surface area (Å²) in [4.78, 5) is 35.8. The molecule has 4 heterocycles. The van der Waals surface area contributed by atoms with Crippen LogP contribution in [0, 0.1) is 0 Å². The molecule has 0 aromatic heterocycles. The number of ether oxygens (including phenoxy) is 4. The minimum Gasteiger partial charge on any atom is -0.746 e. The first-order chi connectivity index (χ1) is 31.8. The summed E-state index contributed by atoms with van der Waals surface area (Å²) in [7, 11) is -2.47. The van der Waals surface area contributed by atoms with Gasteiger partial charge in [0.1, 0.15) is 15.5 Å². The van der Waals surface area contributed by atoms with E-state index >= 15 is 0 Å². The smallest absolute Gasteiger partial charge is 0.746 e. The van der Waals surface area contributed by atoms with Crippen LogP contribution in [-0.4, -0.2) is 85.7 Å². The molecule has 4 aliphatic heterocycles. The van der Waals surface area contributed by atoms with Gasteiger partial charge in [-0.2, -0.15) is 31.2 Å². The molecule has 2 amide bonds. The normalized spacial score (nSPS) is 19.7. The quantitative estimate of drug-likeness (QED) is 0.0352. The molecule has 4 atom stereocenters. The molecule has 16 nitrogen and oxygen atoms in total. The predicted octanol–water partition coefficient (Wildman–Crippen LogP) is 1.50. The van der Waals surface area contributed by atoms with Gasteiger partial charge in [0.15, 0.2) is 29.2 Å². The molecule has 0 radical (unpaired) electrons. The summed E-state index contributed by atoms with van der Waals surface area (Å²) in [5.41, 5.74) is 0.155. The Morgan fingerprint density at radius 2 is 1.12 bits per heavy atom. The molecule has 0 fully saturated rings. The summed E-state index contributed by atoms with van der Waals surface area (Å²) in [6, 6.07) is 12.2. The van der Waals surface area contributed by atoms with Crippen molar-refractivity contribution in [3.05, 3.63) is 119 Å². The molecule has 69 heavy (non-hydrogen) atoms. The van der Waals surface area contributed by atoms with E-state index in [0.29, 0.717) is 22.3 Å². The average molecular weight is 1020 g/mol. The third kappa shape index (κ3) is 11.5. The third-order valence-electron chi connectivity index (χ3n) is 11.4.